The Morgan fingerprint density at radius 2 is 2.10 bits per heavy atom. The number of piperazine rings is 1. The monoisotopic (exact) mass is 273 g/mol. The molecule has 1 heterocycles. The highest BCUT2D eigenvalue weighted by Crippen LogP contribution is 2.20. The summed E-state index contributed by atoms with van der Waals surface area (Å²) < 4.78 is 0. The molecule has 1 amide bonds. The number of amides is 1. The SMILES string of the molecule is O=C(CCc1cccc(N2CCNCC2)c1)NC1CC1. The van der Waals surface area contributed by atoms with Crippen LogP contribution in [-0.2, 0) is 11.2 Å². The van der Waals surface area contributed by atoms with Crippen LogP contribution in [0.4, 0.5) is 5.69 Å². The first-order chi connectivity index (χ1) is 9.81. The molecule has 3 rings (SSSR count). The third-order valence-electron chi connectivity index (χ3n) is 3.98. The number of anilines is 1. The van der Waals surface area contributed by atoms with Crippen LogP contribution in [0.1, 0.15) is 24.8 Å². The zero-order valence-corrected chi connectivity index (χ0v) is 11.9. The molecule has 2 aliphatic rings. The van der Waals surface area contributed by atoms with Gasteiger partial charge in [0, 0.05) is 44.3 Å². The molecule has 1 saturated carbocycles. The van der Waals surface area contributed by atoms with Crippen LogP contribution in [0.5, 0.6) is 0 Å². The normalized spacial score (nSPS) is 18.9. The highest BCUT2D eigenvalue weighted by molar-refractivity contribution is 5.76. The Hall–Kier alpha value is -1.55. The summed E-state index contributed by atoms with van der Waals surface area (Å²) in [6.07, 6.45) is 3.74. The molecule has 2 fully saturated rings. The van der Waals surface area contributed by atoms with Crippen molar-refractivity contribution in [2.24, 2.45) is 0 Å². The molecule has 0 bridgehead atoms. The Labute approximate surface area is 120 Å². The lowest BCUT2D eigenvalue weighted by Crippen LogP contribution is -2.43. The summed E-state index contributed by atoms with van der Waals surface area (Å²) in [7, 11) is 0. The smallest absolute Gasteiger partial charge is 0.220 e. The molecule has 0 spiro atoms. The second-order valence-electron chi connectivity index (χ2n) is 5.75. The van der Waals surface area contributed by atoms with E-state index in [9.17, 15) is 4.79 Å². The number of carbonyl (C=O) groups excluding carboxylic acids is 1. The Balaban J connectivity index is 1.54. The van der Waals surface area contributed by atoms with Gasteiger partial charge in [-0.1, -0.05) is 12.1 Å². The highest BCUT2D eigenvalue weighted by atomic mass is 16.1. The standard InChI is InChI=1S/C16H23N3O/c20-16(18-14-5-6-14)7-4-13-2-1-3-15(12-13)19-10-8-17-9-11-19/h1-3,12,14,17H,4-11H2,(H,18,20). The minimum atomic E-state index is 0.195. The average molecular weight is 273 g/mol. The van der Waals surface area contributed by atoms with E-state index in [0.29, 0.717) is 12.5 Å². The van der Waals surface area contributed by atoms with E-state index < -0.39 is 0 Å². The zero-order valence-electron chi connectivity index (χ0n) is 11.9. The Morgan fingerprint density at radius 1 is 1.30 bits per heavy atom. The van der Waals surface area contributed by atoms with Crippen LogP contribution in [0.25, 0.3) is 0 Å². The fourth-order valence-corrected chi connectivity index (χ4v) is 2.62. The maximum Gasteiger partial charge on any atom is 0.220 e. The number of hydrogen-bond donors (Lipinski definition) is 2. The Bertz CT molecular complexity index is 465. The van der Waals surface area contributed by atoms with E-state index >= 15 is 0 Å². The number of nitrogens with zero attached hydrogens (tertiary/aromatic N) is 1. The van der Waals surface area contributed by atoms with Crippen molar-refractivity contribution in [3.05, 3.63) is 29.8 Å². The van der Waals surface area contributed by atoms with Crippen molar-refractivity contribution in [3.63, 3.8) is 0 Å². The van der Waals surface area contributed by atoms with E-state index in [1.54, 1.807) is 0 Å². The van der Waals surface area contributed by atoms with E-state index in [1.807, 2.05) is 0 Å². The largest absolute Gasteiger partial charge is 0.369 e. The summed E-state index contributed by atoms with van der Waals surface area (Å²) >= 11 is 0. The summed E-state index contributed by atoms with van der Waals surface area (Å²) in [5, 5.41) is 6.41. The average Bonchev–Trinajstić information content (AvgIpc) is 3.30. The van der Waals surface area contributed by atoms with Crippen molar-refractivity contribution in [1.82, 2.24) is 10.6 Å². The van der Waals surface area contributed by atoms with Crippen LogP contribution in [-0.4, -0.2) is 38.1 Å². The molecule has 1 aromatic carbocycles. The number of aryl methyl sites for hydroxylation is 1. The maximum atomic E-state index is 11.7. The second-order valence-corrected chi connectivity index (χ2v) is 5.75. The molecule has 2 N–H and O–H groups in total. The maximum absolute atomic E-state index is 11.7. The van der Waals surface area contributed by atoms with Crippen molar-refractivity contribution in [1.29, 1.82) is 0 Å². The number of rotatable bonds is 5. The van der Waals surface area contributed by atoms with Gasteiger partial charge >= 0.3 is 0 Å². The van der Waals surface area contributed by atoms with Gasteiger partial charge in [0.05, 0.1) is 0 Å². The molecule has 1 saturated heterocycles. The van der Waals surface area contributed by atoms with Crippen LogP contribution < -0.4 is 15.5 Å². The summed E-state index contributed by atoms with van der Waals surface area (Å²) in [5.74, 6) is 0.195. The van der Waals surface area contributed by atoms with Gasteiger partial charge in [0.1, 0.15) is 0 Å². The van der Waals surface area contributed by atoms with Gasteiger partial charge in [-0.25, -0.2) is 0 Å². The molecule has 1 aliphatic heterocycles. The van der Waals surface area contributed by atoms with E-state index in [0.717, 1.165) is 45.4 Å². The minimum Gasteiger partial charge on any atom is -0.369 e. The number of carbonyl (C=O) groups is 1. The fraction of sp³-hybridized carbons (Fsp3) is 0.562. The van der Waals surface area contributed by atoms with Gasteiger partial charge in [-0.15, -0.1) is 0 Å². The van der Waals surface area contributed by atoms with Crippen molar-refractivity contribution < 1.29 is 4.79 Å². The second kappa shape index (κ2) is 6.27. The topological polar surface area (TPSA) is 44.4 Å². The lowest BCUT2D eigenvalue weighted by atomic mass is 10.1. The first-order valence-corrected chi connectivity index (χ1v) is 7.65. The van der Waals surface area contributed by atoms with Gasteiger partial charge in [0.15, 0.2) is 0 Å². The van der Waals surface area contributed by atoms with E-state index in [2.05, 4.69) is 39.8 Å². The van der Waals surface area contributed by atoms with Crippen LogP contribution in [0.15, 0.2) is 24.3 Å². The van der Waals surface area contributed by atoms with E-state index in [-0.39, 0.29) is 5.91 Å². The molecule has 1 aliphatic carbocycles. The summed E-state index contributed by atoms with van der Waals surface area (Å²) in [6, 6.07) is 9.09. The lowest BCUT2D eigenvalue weighted by molar-refractivity contribution is -0.121. The molecule has 1 aromatic rings. The van der Waals surface area contributed by atoms with Crippen molar-refractivity contribution in [2.45, 2.75) is 31.7 Å². The molecule has 20 heavy (non-hydrogen) atoms. The van der Waals surface area contributed by atoms with E-state index in [1.165, 1.54) is 11.3 Å². The molecule has 4 heteroatoms. The number of nitrogens with one attached hydrogen (secondary N) is 2. The molecular formula is C16H23N3O. The first kappa shape index (κ1) is 13.4. The first-order valence-electron chi connectivity index (χ1n) is 7.65. The predicted octanol–water partition coefficient (Wildman–Crippen LogP) is 1.31. The van der Waals surface area contributed by atoms with Crippen LogP contribution in [0, 0.1) is 0 Å². The zero-order chi connectivity index (χ0) is 13.8. The molecule has 0 atom stereocenters. The molecule has 4 nitrogen and oxygen atoms in total. The van der Waals surface area contributed by atoms with Gasteiger partial charge in [-0.3, -0.25) is 4.79 Å². The Morgan fingerprint density at radius 3 is 2.85 bits per heavy atom. The number of benzene rings is 1. The minimum absolute atomic E-state index is 0.195. The van der Waals surface area contributed by atoms with Crippen molar-refractivity contribution in [3.8, 4) is 0 Å². The van der Waals surface area contributed by atoms with Gasteiger partial charge < -0.3 is 15.5 Å². The van der Waals surface area contributed by atoms with Gasteiger partial charge in [0.25, 0.3) is 0 Å². The van der Waals surface area contributed by atoms with E-state index in [4.69, 9.17) is 0 Å². The third-order valence-corrected chi connectivity index (χ3v) is 3.98. The number of hydrogen-bond acceptors (Lipinski definition) is 3. The van der Waals surface area contributed by atoms with Crippen molar-refractivity contribution in [2.75, 3.05) is 31.1 Å². The molecule has 108 valence electrons. The molecule has 0 radical (unpaired) electrons. The Kier molecular flexibility index (Phi) is 4.21. The third kappa shape index (κ3) is 3.73. The predicted molar refractivity (Wildman–Crippen MR) is 81.0 cm³/mol. The lowest BCUT2D eigenvalue weighted by Gasteiger charge is -2.29. The van der Waals surface area contributed by atoms with Crippen LogP contribution >= 0.6 is 0 Å². The molecule has 0 aromatic heterocycles. The molecule has 0 unspecified atom stereocenters. The quantitative estimate of drug-likeness (QED) is 0.850. The summed E-state index contributed by atoms with van der Waals surface area (Å²) in [5.41, 5.74) is 2.54. The van der Waals surface area contributed by atoms with Crippen LogP contribution in [0.2, 0.25) is 0 Å². The fourth-order valence-electron chi connectivity index (χ4n) is 2.62. The highest BCUT2D eigenvalue weighted by Gasteiger charge is 2.22. The van der Waals surface area contributed by atoms with Crippen molar-refractivity contribution >= 4 is 11.6 Å². The van der Waals surface area contributed by atoms with Gasteiger partial charge in [0.2, 0.25) is 5.91 Å². The summed E-state index contributed by atoms with van der Waals surface area (Å²) in [6.45, 7) is 4.22. The van der Waals surface area contributed by atoms with Crippen LogP contribution in [0.3, 0.4) is 0 Å². The molecular weight excluding hydrogens is 250 g/mol. The van der Waals surface area contributed by atoms with Gasteiger partial charge in [-0.05, 0) is 37.0 Å². The summed E-state index contributed by atoms with van der Waals surface area (Å²) in [4.78, 5) is 14.1. The van der Waals surface area contributed by atoms with Gasteiger partial charge in [-0.2, -0.15) is 0 Å².